The van der Waals surface area contributed by atoms with E-state index in [0.717, 1.165) is 5.57 Å². The lowest BCUT2D eigenvalue weighted by Crippen LogP contribution is -2.71. The van der Waals surface area contributed by atoms with Crippen molar-refractivity contribution in [2.75, 3.05) is 20.8 Å². The van der Waals surface area contributed by atoms with Crippen LogP contribution >= 0.6 is 0 Å². The second-order valence-electron chi connectivity index (χ2n) is 21.3. The summed E-state index contributed by atoms with van der Waals surface area (Å²) in [5, 5.41) is 110. The Labute approximate surface area is 392 Å². The third-order valence-electron chi connectivity index (χ3n) is 17.7. The molecule has 0 spiro atoms. The zero-order chi connectivity index (χ0) is 48.7. The summed E-state index contributed by atoms with van der Waals surface area (Å²) in [7, 11) is 2.87. The fraction of sp³-hybridized carbons (Fsp3) is 0.957. The predicted octanol–water partition coefficient (Wildman–Crippen LogP) is -0.890. The Morgan fingerprint density at radius 2 is 1.34 bits per heavy atom. The van der Waals surface area contributed by atoms with Crippen LogP contribution in [0.15, 0.2) is 11.6 Å². The zero-order valence-electron chi connectivity index (χ0n) is 39.9. The van der Waals surface area contributed by atoms with Crippen molar-refractivity contribution in [2.45, 2.75) is 234 Å². The van der Waals surface area contributed by atoms with Crippen LogP contribution in [0.25, 0.3) is 0 Å². The second kappa shape index (κ2) is 20.1. The van der Waals surface area contributed by atoms with Crippen molar-refractivity contribution in [3.63, 3.8) is 0 Å². The minimum Gasteiger partial charge on any atom is -0.394 e. The average molecular weight is 963 g/mol. The maximum absolute atomic E-state index is 12.4. The maximum Gasteiger partial charge on any atom is 0.187 e. The Morgan fingerprint density at radius 3 is 1.99 bits per heavy atom. The van der Waals surface area contributed by atoms with Crippen molar-refractivity contribution in [1.82, 2.24) is 0 Å². The van der Waals surface area contributed by atoms with Gasteiger partial charge in [-0.3, -0.25) is 0 Å². The second-order valence-corrected chi connectivity index (χ2v) is 21.3. The monoisotopic (exact) mass is 963 g/mol. The predicted molar refractivity (Wildman–Crippen MR) is 230 cm³/mol. The number of hydrogen-bond donors (Lipinski definition) is 10. The first-order chi connectivity index (χ1) is 31.6. The van der Waals surface area contributed by atoms with Crippen LogP contribution in [0.5, 0.6) is 0 Å². The van der Waals surface area contributed by atoms with Crippen molar-refractivity contribution in [3.05, 3.63) is 11.6 Å². The summed E-state index contributed by atoms with van der Waals surface area (Å²) in [5.74, 6) is -0.970. The number of allylic oxidation sites excluding steroid dienone is 1. The molecule has 0 aromatic carbocycles. The summed E-state index contributed by atoms with van der Waals surface area (Å²) < 4.78 is 60.9. The minimum absolute atomic E-state index is 0.145. The van der Waals surface area contributed by atoms with E-state index in [1.807, 2.05) is 6.92 Å². The maximum atomic E-state index is 12.4. The van der Waals surface area contributed by atoms with Gasteiger partial charge in [0.05, 0.1) is 67.1 Å². The third kappa shape index (κ3) is 9.01. The molecule has 0 amide bonds. The highest BCUT2D eigenvalue weighted by Crippen LogP contribution is 2.68. The summed E-state index contributed by atoms with van der Waals surface area (Å²) in [6.07, 6.45) is -16.3. The molecular weight excluding hydrogens is 884 g/mol. The molecule has 7 fully saturated rings. The molecule has 0 aromatic rings. The van der Waals surface area contributed by atoms with Gasteiger partial charge in [0.2, 0.25) is 0 Å². The molecule has 386 valence electrons. The van der Waals surface area contributed by atoms with Crippen molar-refractivity contribution in [3.8, 4) is 0 Å². The van der Waals surface area contributed by atoms with Gasteiger partial charge in [0.15, 0.2) is 25.2 Å². The Morgan fingerprint density at radius 1 is 0.701 bits per heavy atom. The molecule has 20 nitrogen and oxygen atoms in total. The van der Waals surface area contributed by atoms with E-state index in [-0.39, 0.29) is 36.7 Å². The lowest BCUT2D eigenvalue weighted by atomic mass is 9.44. The van der Waals surface area contributed by atoms with Gasteiger partial charge in [0, 0.05) is 38.4 Å². The molecule has 67 heavy (non-hydrogen) atoms. The van der Waals surface area contributed by atoms with Crippen LogP contribution in [0.1, 0.15) is 92.9 Å². The van der Waals surface area contributed by atoms with Crippen molar-refractivity contribution < 1.29 is 98.4 Å². The Balaban J connectivity index is 0.841. The van der Waals surface area contributed by atoms with Crippen LogP contribution < -0.4 is 0 Å². The molecule has 0 bridgehead atoms. The van der Waals surface area contributed by atoms with E-state index >= 15 is 0 Å². The van der Waals surface area contributed by atoms with Crippen LogP contribution in [0.3, 0.4) is 0 Å². The zero-order valence-corrected chi connectivity index (χ0v) is 39.9. The lowest BCUT2D eigenvalue weighted by Gasteiger charge is -2.64. The van der Waals surface area contributed by atoms with E-state index in [2.05, 4.69) is 13.0 Å². The van der Waals surface area contributed by atoms with Gasteiger partial charge < -0.3 is 98.4 Å². The molecule has 8 aliphatic rings. The van der Waals surface area contributed by atoms with Crippen LogP contribution in [0.4, 0.5) is 0 Å². The topological polar surface area (TPSA) is 295 Å². The average Bonchev–Trinajstić information content (AvgIpc) is 3.58. The van der Waals surface area contributed by atoms with E-state index in [1.165, 1.54) is 14.2 Å². The molecule has 0 unspecified atom stereocenters. The van der Waals surface area contributed by atoms with Crippen LogP contribution in [-0.2, 0) is 47.4 Å². The molecular formula is C47H78O20. The molecule has 8 rings (SSSR count). The van der Waals surface area contributed by atoms with Crippen molar-refractivity contribution in [1.29, 1.82) is 0 Å². The summed E-state index contributed by atoms with van der Waals surface area (Å²) in [6, 6.07) is 0. The first-order valence-electron chi connectivity index (χ1n) is 24.4. The number of ether oxygens (including phenoxy) is 10. The van der Waals surface area contributed by atoms with Crippen LogP contribution in [0.2, 0.25) is 0 Å². The van der Waals surface area contributed by atoms with Gasteiger partial charge in [0.1, 0.15) is 54.9 Å². The van der Waals surface area contributed by atoms with Crippen LogP contribution in [-0.4, -0.2) is 213 Å². The largest absolute Gasteiger partial charge is 0.394 e. The summed E-state index contributed by atoms with van der Waals surface area (Å²) >= 11 is 0. The van der Waals surface area contributed by atoms with Gasteiger partial charge >= 0.3 is 0 Å². The minimum atomic E-state index is -1.67. The summed E-state index contributed by atoms with van der Waals surface area (Å²) in [5.41, 5.74) is -1.62. The molecule has 10 N–H and O–H groups in total. The number of rotatable bonds is 12. The van der Waals surface area contributed by atoms with E-state index in [4.69, 9.17) is 47.4 Å². The number of methoxy groups -OCH3 is 2. The highest BCUT2D eigenvalue weighted by atomic mass is 16.8. The number of aliphatic hydroxyl groups excluding tert-OH is 9. The van der Waals surface area contributed by atoms with Crippen LogP contribution in [0, 0.1) is 28.6 Å². The normalized spacial score (nSPS) is 55.2. The molecule has 4 aliphatic carbocycles. The summed E-state index contributed by atoms with van der Waals surface area (Å²) in [4.78, 5) is 0. The molecule has 0 radical (unpaired) electrons. The highest BCUT2D eigenvalue weighted by Gasteiger charge is 2.73. The standard InChI is InChI=1S/C47H78O20/c1-19(49)25-12-14-47(57)26-10-9-23-15-24(11-13-45(23,5)32(26)34(52)42(56)46(25,47)6)63-30-16-27(50)38(20(2)60-30)65-31-17-28(58-7)39(21(3)61-31)66-44-37(55)41(59-8)40(22(4)62-44)67-43-36(54)35(53)33(51)29(18-48)64-43/h9,19-22,24-44,48-57H,10-18H2,1-8H3/t19-,20-,21-,22-,24+,25-,26-,27+,28+,29-,30+,31+,32-,33-,34+,35+,36-,37-,38-,39-,40-,41+,42-,43+,44+,45+,46+,47+/m1/s1. The quantitative estimate of drug-likeness (QED) is 0.106. The third-order valence-corrected chi connectivity index (χ3v) is 17.7. The molecule has 0 aromatic heterocycles. The molecule has 20 heteroatoms. The molecule has 4 heterocycles. The Bertz CT molecular complexity index is 1690. The van der Waals surface area contributed by atoms with Gasteiger partial charge in [-0.1, -0.05) is 25.5 Å². The van der Waals surface area contributed by atoms with E-state index in [0.29, 0.717) is 38.5 Å². The number of aliphatic hydroxyl groups is 10. The van der Waals surface area contributed by atoms with E-state index < -0.39 is 152 Å². The lowest BCUT2D eigenvalue weighted by molar-refractivity contribution is -0.373. The van der Waals surface area contributed by atoms with Gasteiger partial charge in [-0.15, -0.1) is 0 Å². The van der Waals surface area contributed by atoms with Gasteiger partial charge in [-0.2, -0.15) is 0 Å². The molecule has 4 saturated heterocycles. The fourth-order valence-corrected chi connectivity index (χ4v) is 13.9. The molecule has 28 atom stereocenters. The van der Waals surface area contributed by atoms with E-state index in [9.17, 15) is 51.1 Å². The molecule has 3 saturated carbocycles. The Hall–Kier alpha value is -1.06. The SMILES string of the molecule is CO[C@H]1[C@@H](O)[C@H](O[C@H]2[C@@H](OC)C[C@H](O[C@H]3[C@@H](O)C[C@H](O[C@H]4CC[C@@]5(C)C(=CC[C@@H]6[C@@H]5[C@H](O)[C@@H](O)[C@]5(C)[C@@H]([C@@H](C)O)CC[C@]65O)C4)O[C@@H]3C)O[C@@H]2C)O[C@H](C)[C@H]1O[C@@H]1O[C@H](CO)[C@@H](O)[C@H](O)[C@H]1O. The molecule has 4 aliphatic heterocycles. The summed E-state index contributed by atoms with van der Waals surface area (Å²) in [6.45, 7) is 10.2. The number of hydrogen-bond acceptors (Lipinski definition) is 20. The first kappa shape index (κ1) is 52.3. The van der Waals surface area contributed by atoms with Crippen molar-refractivity contribution >= 4 is 0 Å². The van der Waals surface area contributed by atoms with Gasteiger partial charge in [-0.05, 0) is 83.5 Å². The van der Waals surface area contributed by atoms with E-state index in [1.54, 1.807) is 27.7 Å². The Kier molecular flexibility index (Phi) is 15.7. The smallest absolute Gasteiger partial charge is 0.187 e. The first-order valence-corrected chi connectivity index (χ1v) is 24.4. The highest BCUT2D eigenvalue weighted by molar-refractivity contribution is 5.31. The van der Waals surface area contributed by atoms with Gasteiger partial charge in [-0.25, -0.2) is 0 Å². The number of fused-ring (bicyclic) bond motifs is 5. The van der Waals surface area contributed by atoms with Crippen molar-refractivity contribution in [2.24, 2.45) is 28.6 Å². The van der Waals surface area contributed by atoms with Gasteiger partial charge in [0.25, 0.3) is 0 Å². The fourth-order valence-electron chi connectivity index (χ4n) is 13.9.